The van der Waals surface area contributed by atoms with Gasteiger partial charge >= 0.3 is 0 Å². The maximum absolute atomic E-state index is 13.7. The molecule has 0 saturated carbocycles. The number of amides is 2. The lowest BCUT2D eigenvalue weighted by molar-refractivity contribution is -0.121. The molecule has 29 heavy (non-hydrogen) atoms. The van der Waals surface area contributed by atoms with Crippen molar-refractivity contribution in [3.63, 3.8) is 0 Å². The van der Waals surface area contributed by atoms with Crippen molar-refractivity contribution in [1.82, 2.24) is 15.8 Å². The normalized spacial score (nSPS) is 10.7. The Hall–Kier alpha value is -4.00. The van der Waals surface area contributed by atoms with Gasteiger partial charge in [-0.25, -0.2) is 9.37 Å². The minimum atomic E-state index is -0.534. The van der Waals surface area contributed by atoms with Crippen LogP contribution in [0, 0.1) is 5.82 Å². The number of halogens is 1. The summed E-state index contributed by atoms with van der Waals surface area (Å²) in [5, 5.41) is 0.628. The summed E-state index contributed by atoms with van der Waals surface area (Å²) in [6, 6.07) is 18.2. The van der Waals surface area contributed by atoms with Crippen LogP contribution in [0.5, 0.6) is 0 Å². The van der Waals surface area contributed by atoms with Crippen LogP contribution in [-0.4, -0.2) is 16.8 Å². The Morgan fingerprint density at radius 2 is 1.76 bits per heavy atom. The Morgan fingerprint density at radius 1 is 0.966 bits per heavy atom. The Kier molecular flexibility index (Phi) is 5.03. The zero-order valence-corrected chi connectivity index (χ0v) is 15.2. The van der Waals surface area contributed by atoms with Gasteiger partial charge in [0.15, 0.2) is 5.76 Å². The summed E-state index contributed by atoms with van der Waals surface area (Å²) in [5.41, 5.74) is 6.39. The fourth-order valence-corrected chi connectivity index (χ4v) is 2.97. The van der Waals surface area contributed by atoms with Crippen LogP contribution in [0.2, 0.25) is 0 Å². The van der Waals surface area contributed by atoms with Crippen LogP contribution in [0.25, 0.3) is 22.4 Å². The molecule has 0 aliphatic carbocycles. The van der Waals surface area contributed by atoms with Gasteiger partial charge in [0, 0.05) is 5.39 Å². The molecule has 6 nitrogen and oxygen atoms in total. The first-order valence-corrected chi connectivity index (χ1v) is 8.88. The monoisotopic (exact) mass is 389 g/mol. The topological polar surface area (TPSA) is 84.2 Å². The fourth-order valence-electron chi connectivity index (χ4n) is 2.97. The molecule has 0 saturated heterocycles. The van der Waals surface area contributed by atoms with E-state index in [-0.39, 0.29) is 12.0 Å². The van der Waals surface area contributed by atoms with Crippen LogP contribution in [-0.2, 0) is 11.2 Å². The van der Waals surface area contributed by atoms with Crippen LogP contribution >= 0.6 is 0 Å². The van der Waals surface area contributed by atoms with Gasteiger partial charge in [-0.05, 0) is 35.9 Å². The molecule has 0 fully saturated rings. The number of rotatable bonds is 4. The number of fused-ring (bicyclic) bond motifs is 1. The molecule has 2 aromatic carbocycles. The van der Waals surface area contributed by atoms with E-state index in [1.54, 1.807) is 48.5 Å². The minimum absolute atomic E-state index is 0.193. The van der Waals surface area contributed by atoms with Gasteiger partial charge in [0.25, 0.3) is 5.91 Å². The summed E-state index contributed by atoms with van der Waals surface area (Å²) in [6.07, 6.45) is 1.33. The van der Waals surface area contributed by atoms with Gasteiger partial charge in [-0.15, -0.1) is 0 Å². The summed E-state index contributed by atoms with van der Waals surface area (Å²) in [6.45, 7) is 0. The number of nitrogens with one attached hydrogen (secondary N) is 2. The molecule has 4 aromatic rings. The lowest BCUT2D eigenvalue weighted by Crippen LogP contribution is -2.42. The predicted octanol–water partition coefficient (Wildman–Crippen LogP) is 3.64. The molecule has 4 rings (SSSR count). The number of carbonyl (C=O) groups is 2. The van der Waals surface area contributed by atoms with Gasteiger partial charge in [0.1, 0.15) is 11.5 Å². The number of para-hydroxylation sites is 1. The van der Waals surface area contributed by atoms with Gasteiger partial charge in [-0.1, -0.05) is 36.4 Å². The van der Waals surface area contributed by atoms with Gasteiger partial charge in [-0.2, -0.15) is 0 Å². The third kappa shape index (κ3) is 3.98. The SMILES string of the molecule is O=C(Cc1ccccc1F)NNC(=O)c1cc(-c2ccco2)nc2ccccc12. The molecule has 0 unspecified atom stereocenters. The van der Waals surface area contributed by atoms with Crippen LogP contribution in [0.4, 0.5) is 4.39 Å². The number of hydrogen-bond acceptors (Lipinski definition) is 4. The van der Waals surface area contributed by atoms with Gasteiger partial charge in [-0.3, -0.25) is 20.4 Å². The highest BCUT2D eigenvalue weighted by Gasteiger charge is 2.16. The van der Waals surface area contributed by atoms with Crippen LogP contribution in [0.15, 0.2) is 77.4 Å². The summed E-state index contributed by atoms with van der Waals surface area (Å²) < 4.78 is 19.1. The molecule has 2 amide bonds. The summed E-state index contributed by atoms with van der Waals surface area (Å²) in [5.74, 6) is -1.00. The van der Waals surface area contributed by atoms with Crippen molar-refractivity contribution in [2.45, 2.75) is 6.42 Å². The third-order valence-corrected chi connectivity index (χ3v) is 4.36. The van der Waals surface area contributed by atoms with E-state index in [1.165, 1.54) is 18.4 Å². The van der Waals surface area contributed by atoms with E-state index in [2.05, 4.69) is 15.8 Å². The lowest BCUT2D eigenvalue weighted by atomic mass is 10.1. The number of pyridine rings is 1. The smallest absolute Gasteiger partial charge is 0.270 e. The van der Waals surface area contributed by atoms with Crippen molar-refractivity contribution < 1.29 is 18.4 Å². The van der Waals surface area contributed by atoms with Crippen LogP contribution in [0.1, 0.15) is 15.9 Å². The Morgan fingerprint density at radius 3 is 2.55 bits per heavy atom. The first-order chi connectivity index (χ1) is 14.1. The Bertz CT molecular complexity index is 1190. The third-order valence-electron chi connectivity index (χ3n) is 4.36. The summed E-state index contributed by atoms with van der Waals surface area (Å²) in [7, 11) is 0. The number of hydrazine groups is 1. The molecule has 2 aromatic heterocycles. The van der Waals surface area contributed by atoms with E-state index < -0.39 is 17.6 Å². The molecule has 0 aliphatic rings. The molecular weight excluding hydrogens is 373 g/mol. The molecule has 0 aliphatic heterocycles. The number of furan rings is 1. The molecule has 7 heteroatoms. The van der Waals surface area contributed by atoms with Crippen LogP contribution in [0.3, 0.4) is 0 Å². The lowest BCUT2D eigenvalue weighted by Gasteiger charge is -2.11. The number of nitrogens with zero attached hydrogens (tertiary/aromatic N) is 1. The molecule has 0 atom stereocenters. The molecule has 2 heterocycles. The number of aromatic nitrogens is 1. The number of carbonyl (C=O) groups excluding carboxylic acids is 2. The number of benzene rings is 2. The predicted molar refractivity (Wildman–Crippen MR) is 105 cm³/mol. The molecule has 0 bridgehead atoms. The van der Waals surface area contributed by atoms with Crippen molar-refractivity contribution in [3.05, 3.63) is 89.9 Å². The largest absolute Gasteiger partial charge is 0.463 e. The maximum Gasteiger partial charge on any atom is 0.270 e. The number of hydrogen-bond donors (Lipinski definition) is 2. The van der Waals surface area contributed by atoms with Crippen LogP contribution < -0.4 is 10.9 Å². The van der Waals surface area contributed by atoms with Crippen molar-refractivity contribution in [3.8, 4) is 11.5 Å². The minimum Gasteiger partial charge on any atom is -0.463 e. The molecule has 2 N–H and O–H groups in total. The van der Waals surface area contributed by atoms with E-state index in [9.17, 15) is 14.0 Å². The highest BCUT2D eigenvalue weighted by atomic mass is 19.1. The second-order valence-corrected chi connectivity index (χ2v) is 6.32. The molecular formula is C22H16FN3O3. The van der Waals surface area contributed by atoms with E-state index in [1.807, 2.05) is 6.07 Å². The molecule has 0 radical (unpaired) electrons. The zero-order valence-electron chi connectivity index (χ0n) is 15.2. The second kappa shape index (κ2) is 7.93. The van der Waals surface area contributed by atoms with E-state index in [0.717, 1.165) is 0 Å². The molecule has 0 spiro atoms. The summed E-state index contributed by atoms with van der Waals surface area (Å²) in [4.78, 5) is 29.4. The van der Waals surface area contributed by atoms with E-state index in [4.69, 9.17) is 4.42 Å². The average Bonchev–Trinajstić information content (AvgIpc) is 3.28. The quantitative estimate of drug-likeness (QED) is 0.522. The fraction of sp³-hybridized carbons (Fsp3) is 0.0455. The molecule has 144 valence electrons. The Balaban J connectivity index is 1.55. The maximum atomic E-state index is 13.7. The zero-order chi connectivity index (χ0) is 20.2. The highest BCUT2D eigenvalue weighted by molar-refractivity contribution is 6.07. The van der Waals surface area contributed by atoms with Crippen molar-refractivity contribution in [1.29, 1.82) is 0 Å². The first kappa shape index (κ1) is 18.4. The van der Waals surface area contributed by atoms with Crippen molar-refractivity contribution in [2.24, 2.45) is 0 Å². The Labute approximate surface area is 165 Å². The average molecular weight is 389 g/mol. The van der Waals surface area contributed by atoms with Gasteiger partial charge < -0.3 is 4.42 Å². The van der Waals surface area contributed by atoms with Gasteiger partial charge in [0.05, 0.1) is 23.8 Å². The summed E-state index contributed by atoms with van der Waals surface area (Å²) >= 11 is 0. The van der Waals surface area contributed by atoms with E-state index in [0.29, 0.717) is 27.9 Å². The van der Waals surface area contributed by atoms with Gasteiger partial charge in [0.2, 0.25) is 5.91 Å². The standard InChI is InChI=1S/C22H16FN3O3/c23-17-8-3-1-6-14(17)12-21(27)25-26-22(28)16-13-19(20-10-5-11-29-20)24-18-9-4-2-7-15(16)18/h1-11,13H,12H2,(H,25,27)(H,26,28). The van der Waals surface area contributed by atoms with Crippen molar-refractivity contribution in [2.75, 3.05) is 0 Å². The van der Waals surface area contributed by atoms with Crippen molar-refractivity contribution >= 4 is 22.7 Å². The first-order valence-electron chi connectivity index (χ1n) is 8.88. The highest BCUT2D eigenvalue weighted by Crippen LogP contribution is 2.25. The second-order valence-electron chi connectivity index (χ2n) is 6.32. The van der Waals surface area contributed by atoms with E-state index >= 15 is 0 Å².